The van der Waals surface area contributed by atoms with E-state index in [4.69, 9.17) is 10.2 Å². The second-order valence-corrected chi connectivity index (χ2v) is 3.82. The molecule has 0 saturated heterocycles. The number of nitrogens with zero attached hydrogens (tertiary/aromatic N) is 1. The lowest BCUT2D eigenvalue weighted by Crippen LogP contribution is -2.39. The Morgan fingerprint density at radius 2 is 2.22 bits per heavy atom. The van der Waals surface area contributed by atoms with Gasteiger partial charge in [-0.3, -0.25) is 9.80 Å². The topological polar surface area (TPSA) is 71.5 Å². The number of nitrogens with two attached hydrogens (primary N) is 1. The summed E-state index contributed by atoms with van der Waals surface area (Å²) in [5, 5.41) is 1.47. The Balaban J connectivity index is 2.15. The summed E-state index contributed by atoms with van der Waals surface area (Å²) < 4.78 is 5.22. The third-order valence-corrected chi connectivity index (χ3v) is 2.54. The number of nitrogens with one attached hydrogen (secondary N) is 1. The summed E-state index contributed by atoms with van der Waals surface area (Å²) in [7, 11) is 1.69. The predicted octanol–water partition coefficient (Wildman–Crippen LogP) is 1.64. The molecule has 0 unspecified atom stereocenters. The Morgan fingerprint density at radius 3 is 2.83 bits per heavy atom. The minimum Gasteiger partial charge on any atom is -0.467 e. The van der Waals surface area contributed by atoms with Crippen molar-refractivity contribution in [1.29, 1.82) is 0 Å². The fraction of sp³-hybridized carbons (Fsp3) is 0.154. The van der Waals surface area contributed by atoms with E-state index in [9.17, 15) is 4.79 Å². The van der Waals surface area contributed by atoms with Crippen LogP contribution in [0.5, 0.6) is 0 Å². The maximum Gasteiger partial charge on any atom is 0.268 e. The SMILES string of the molecule is CNN(Cc1ccco1)C(=O)c1cccc(N)c1. The molecule has 0 spiro atoms. The van der Waals surface area contributed by atoms with Crippen LogP contribution < -0.4 is 11.2 Å². The zero-order valence-corrected chi connectivity index (χ0v) is 10.1. The second kappa shape index (κ2) is 5.37. The van der Waals surface area contributed by atoms with E-state index in [-0.39, 0.29) is 5.91 Å². The summed E-state index contributed by atoms with van der Waals surface area (Å²) in [6.07, 6.45) is 1.58. The molecule has 94 valence electrons. The van der Waals surface area contributed by atoms with Crippen molar-refractivity contribution < 1.29 is 9.21 Å². The first kappa shape index (κ1) is 12.2. The molecule has 0 radical (unpaired) electrons. The fourth-order valence-corrected chi connectivity index (χ4v) is 1.64. The summed E-state index contributed by atoms with van der Waals surface area (Å²) in [6.45, 7) is 0.358. The van der Waals surface area contributed by atoms with E-state index < -0.39 is 0 Å². The molecular weight excluding hydrogens is 230 g/mol. The number of furan rings is 1. The molecule has 0 aliphatic carbocycles. The van der Waals surface area contributed by atoms with E-state index >= 15 is 0 Å². The molecule has 0 aliphatic rings. The fourth-order valence-electron chi connectivity index (χ4n) is 1.64. The van der Waals surface area contributed by atoms with Crippen LogP contribution in [0.1, 0.15) is 16.1 Å². The van der Waals surface area contributed by atoms with Crippen LogP contribution in [0.2, 0.25) is 0 Å². The molecule has 0 bridgehead atoms. The van der Waals surface area contributed by atoms with Crippen LogP contribution in [0.25, 0.3) is 0 Å². The molecule has 0 atom stereocenters. The van der Waals surface area contributed by atoms with Crippen LogP contribution in [0.4, 0.5) is 5.69 Å². The zero-order chi connectivity index (χ0) is 13.0. The van der Waals surface area contributed by atoms with E-state index in [1.54, 1.807) is 43.6 Å². The molecule has 1 aromatic carbocycles. The van der Waals surface area contributed by atoms with Crippen LogP contribution in [0.3, 0.4) is 0 Å². The molecule has 1 aromatic heterocycles. The Bertz CT molecular complexity index is 523. The summed E-state index contributed by atoms with van der Waals surface area (Å²) in [4.78, 5) is 12.2. The van der Waals surface area contributed by atoms with Crippen molar-refractivity contribution >= 4 is 11.6 Å². The van der Waals surface area contributed by atoms with Gasteiger partial charge in [-0.1, -0.05) is 6.07 Å². The minimum absolute atomic E-state index is 0.152. The monoisotopic (exact) mass is 245 g/mol. The molecule has 5 heteroatoms. The maximum atomic E-state index is 12.2. The molecule has 0 fully saturated rings. The third-order valence-electron chi connectivity index (χ3n) is 2.54. The van der Waals surface area contributed by atoms with Gasteiger partial charge in [-0.15, -0.1) is 0 Å². The van der Waals surface area contributed by atoms with Crippen LogP contribution in [0.15, 0.2) is 47.1 Å². The average Bonchev–Trinajstić information content (AvgIpc) is 2.88. The van der Waals surface area contributed by atoms with E-state index in [1.165, 1.54) is 5.01 Å². The lowest BCUT2D eigenvalue weighted by molar-refractivity contribution is 0.0648. The molecule has 18 heavy (non-hydrogen) atoms. The smallest absolute Gasteiger partial charge is 0.268 e. The lowest BCUT2D eigenvalue weighted by Gasteiger charge is -2.20. The van der Waals surface area contributed by atoms with Gasteiger partial charge in [0.1, 0.15) is 5.76 Å². The van der Waals surface area contributed by atoms with Crippen molar-refractivity contribution in [2.45, 2.75) is 6.54 Å². The van der Waals surface area contributed by atoms with Crippen LogP contribution in [0, 0.1) is 0 Å². The summed E-state index contributed by atoms with van der Waals surface area (Å²) in [5.41, 5.74) is 9.61. The maximum absolute atomic E-state index is 12.2. The Hall–Kier alpha value is -2.27. The number of hydrogen-bond donors (Lipinski definition) is 2. The average molecular weight is 245 g/mol. The lowest BCUT2D eigenvalue weighted by atomic mass is 10.2. The number of hydrogen-bond acceptors (Lipinski definition) is 4. The van der Waals surface area contributed by atoms with Crippen molar-refractivity contribution in [1.82, 2.24) is 10.4 Å². The Labute approximate surface area is 105 Å². The van der Waals surface area contributed by atoms with Gasteiger partial charge in [-0.2, -0.15) is 0 Å². The highest BCUT2D eigenvalue weighted by Gasteiger charge is 2.15. The van der Waals surface area contributed by atoms with E-state index in [1.807, 2.05) is 6.07 Å². The largest absolute Gasteiger partial charge is 0.467 e. The van der Waals surface area contributed by atoms with Crippen LogP contribution in [-0.4, -0.2) is 18.0 Å². The number of carbonyl (C=O) groups is 1. The highest BCUT2D eigenvalue weighted by molar-refractivity contribution is 5.94. The van der Waals surface area contributed by atoms with Gasteiger partial charge in [0.15, 0.2) is 0 Å². The number of anilines is 1. The van der Waals surface area contributed by atoms with Crippen molar-refractivity contribution in [2.75, 3.05) is 12.8 Å². The molecule has 3 N–H and O–H groups in total. The second-order valence-electron chi connectivity index (χ2n) is 3.82. The van der Waals surface area contributed by atoms with Gasteiger partial charge >= 0.3 is 0 Å². The standard InChI is InChI=1S/C13H15N3O2/c1-15-16(9-12-6-3-7-18-12)13(17)10-4-2-5-11(14)8-10/h2-8,15H,9,14H2,1H3. The van der Waals surface area contributed by atoms with Crippen LogP contribution >= 0.6 is 0 Å². The number of carbonyl (C=O) groups excluding carboxylic acids is 1. The van der Waals surface area contributed by atoms with Gasteiger partial charge in [-0.25, -0.2) is 5.43 Å². The van der Waals surface area contributed by atoms with Gasteiger partial charge in [-0.05, 0) is 30.3 Å². The molecule has 2 rings (SSSR count). The van der Waals surface area contributed by atoms with Crippen molar-refractivity contribution in [3.63, 3.8) is 0 Å². The van der Waals surface area contributed by atoms with Gasteiger partial charge < -0.3 is 10.2 Å². The highest BCUT2D eigenvalue weighted by atomic mass is 16.3. The number of nitrogen functional groups attached to an aromatic ring is 1. The van der Waals surface area contributed by atoms with Gasteiger partial charge in [0.2, 0.25) is 0 Å². The zero-order valence-electron chi connectivity index (χ0n) is 10.1. The highest BCUT2D eigenvalue weighted by Crippen LogP contribution is 2.11. The number of amides is 1. The first-order valence-corrected chi connectivity index (χ1v) is 5.58. The van der Waals surface area contributed by atoms with E-state index in [0.717, 1.165) is 0 Å². The van der Waals surface area contributed by atoms with E-state index in [2.05, 4.69) is 5.43 Å². The molecular formula is C13H15N3O2. The summed E-state index contributed by atoms with van der Waals surface area (Å²) in [6, 6.07) is 10.5. The van der Waals surface area contributed by atoms with Gasteiger partial charge in [0.25, 0.3) is 5.91 Å². The first-order chi connectivity index (χ1) is 8.70. The van der Waals surface area contributed by atoms with Gasteiger partial charge in [0, 0.05) is 18.3 Å². The van der Waals surface area contributed by atoms with Crippen molar-refractivity contribution in [3.05, 3.63) is 54.0 Å². The van der Waals surface area contributed by atoms with Crippen molar-refractivity contribution in [3.8, 4) is 0 Å². The molecule has 1 amide bonds. The Morgan fingerprint density at radius 1 is 1.39 bits per heavy atom. The summed E-state index contributed by atoms with van der Waals surface area (Å²) in [5.74, 6) is 0.558. The molecule has 0 aliphatic heterocycles. The first-order valence-electron chi connectivity index (χ1n) is 5.58. The number of benzene rings is 1. The quantitative estimate of drug-likeness (QED) is 0.634. The summed E-state index contributed by atoms with van der Waals surface area (Å²) >= 11 is 0. The minimum atomic E-state index is -0.152. The predicted molar refractivity (Wildman–Crippen MR) is 68.5 cm³/mol. The number of hydrazine groups is 1. The molecule has 1 heterocycles. The van der Waals surface area contributed by atoms with Crippen LogP contribution in [-0.2, 0) is 6.54 Å². The third kappa shape index (κ3) is 2.70. The normalized spacial score (nSPS) is 10.3. The molecule has 0 saturated carbocycles. The molecule has 2 aromatic rings. The molecule has 5 nitrogen and oxygen atoms in total. The van der Waals surface area contributed by atoms with E-state index in [0.29, 0.717) is 23.6 Å². The number of rotatable bonds is 4. The Kier molecular flexibility index (Phi) is 3.64. The van der Waals surface area contributed by atoms with Gasteiger partial charge in [0.05, 0.1) is 12.8 Å². The van der Waals surface area contributed by atoms with Crippen molar-refractivity contribution in [2.24, 2.45) is 0 Å².